The van der Waals surface area contributed by atoms with Crippen molar-refractivity contribution in [3.05, 3.63) is 35.9 Å². The summed E-state index contributed by atoms with van der Waals surface area (Å²) in [5, 5.41) is 3.35. The maximum Gasteiger partial charge on any atom is 0.156 e. The Morgan fingerprint density at radius 2 is 1.84 bits per heavy atom. The number of benzene rings is 1. The second kappa shape index (κ2) is 5.25. The molecule has 0 spiro atoms. The fourth-order valence-corrected chi connectivity index (χ4v) is 3.17. The van der Waals surface area contributed by atoms with E-state index in [1.807, 2.05) is 6.07 Å². The van der Waals surface area contributed by atoms with Gasteiger partial charge in [-0.2, -0.15) is 0 Å². The second-order valence-electron chi connectivity index (χ2n) is 6.24. The molecule has 3 nitrogen and oxygen atoms in total. The largest absolute Gasteiger partial charge is 0.312 e. The van der Waals surface area contributed by atoms with Crippen LogP contribution in [0.25, 0.3) is 0 Å². The van der Waals surface area contributed by atoms with E-state index >= 15 is 0 Å². The van der Waals surface area contributed by atoms with Gasteiger partial charge in [0.05, 0.1) is 10.5 Å². The van der Waals surface area contributed by atoms with Crippen LogP contribution < -0.4 is 5.32 Å². The predicted molar refractivity (Wildman–Crippen MR) is 79.1 cm³/mol. The Balaban J connectivity index is 1.78. The lowest BCUT2D eigenvalue weighted by molar-refractivity contribution is 0.555. The summed E-state index contributed by atoms with van der Waals surface area (Å²) in [4.78, 5) is 0. The average Bonchev–Trinajstić information content (AvgIpc) is 3.08. The SMILES string of the molecule is CC(C)(C)S(=O)(=O)CCNC1CC1c1ccccc1. The Morgan fingerprint density at radius 3 is 2.42 bits per heavy atom. The van der Waals surface area contributed by atoms with Crippen molar-refractivity contribution >= 4 is 9.84 Å². The van der Waals surface area contributed by atoms with Gasteiger partial charge >= 0.3 is 0 Å². The molecule has 2 unspecified atom stereocenters. The van der Waals surface area contributed by atoms with Crippen molar-refractivity contribution < 1.29 is 8.42 Å². The van der Waals surface area contributed by atoms with Gasteiger partial charge in [0, 0.05) is 18.5 Å². The molecule has 1 aliphatic rings. The number of sulfone groups is 1. The van der Waals surface area contributed by atoms with E-state index in [1.165, 1.54) is 5.56 Å². The molecule has 0 radical (unpaired) electrons. The van der Waals surface area contributed by atoms with Gasteiger partial charge in [-0.25, -0.2) is 8.42 Å². The highest BCUT2D eigenvalue weighted by atomic mass is 32.2. The first-order chi connectivity index (χ1) is 8.81. The van der Waals surface area contributed by atoms with Crippen molar-refractivity contribution in [3.63, 3.8) is 0 Å². The smallest absolute Gasteiger partial charge is 0.156 e. The van der Waals surface area contributed by atoms with E-state index in [2.05, 4.69) is 29.6 Å². The van der Waals surface area contributed by atoms with Gasteiger partial charge in [0.1, 0.15) is 0 Å². The Labute approximate surface area is 116 Å². The van der Waals surface area contributed by atoms with Gasteiger partial charge in [0.15, 0.2) is 9.84 Å². The molecule has 106 valence electrons. The first kappa shape index (κ1) is 14.5. The third-order valence-electron chi connectivity index (χ3n) is 3.73. The van der Waals surface area contributed by atoms with E-state index in [0.29, 0.717) is 18.5 Å². The quantitative estimate of drug-likeness (QED) is 0.901. The van der Waals surface area contributed by atoms with Crippen molar-refractivity contribution in [1.29, 1.82) is 0 Å². The molecule has 2 atom stereocenters. The zero-order chi connectivity index (χ0) is 14.1. The van der Waals surface area contributed by atoms with Crippen molar-refractivity contribution in [1.82, 2.24) is 5.32 Å². The van der Waals surface area contributed by atoms with Gasteiger partial charge < -0.3 is 5.32 Å². The van der Waals surface area contributed by atoms with Crippen molar-refractivity contribution in [3.8, 4) is 0 Å². The zero-order valence-electron chi connectivity index (χ0n) is 11.9. The Bertz CT molecular complexity index is 517. The van der Waals surface area contributed by atoms with E-state index in [0.717, 1.165) is 6.42 Å². The third-order valence-corrected chi connectivity index (χ3v) is 6.34. The maximum absolute atomic E-state index is 12.0. The molecule has 0 saturated heterocycles. The topological polar surface area (TPSA) is 46.2 Å². The van der Waals surface area contributed by atoms with E-state index in [9.17, 15) is 8.42 Å². The summed E-state index contributed by atoms with van der Waals surface area (Å²) in [5.74, 6) is 0.771. The molecule has 1 N–H and O–H groups in total. The minimum absolute atomic E-state index is 0.217. The molecule has 1 aliphatic carbocycles. The van der Waals surface area contributed by atoms with Crippen molar-refractivity contribution in [2.24, 2.45) is 0 Å². The normalized spacial score (nSPS) is 23.3. The monoisotopic (exact) mass is 281 g/mol. The van der Waals surface area contributed by atoms with Gasteiger partial charge in [-0.1, -0.05) is 30.3 Å². The van der Waals surface area contributed by atoms with Crippen LogP contribution >= 0.6 is 0 Å². The molecule has 1 saturated carbocycles. The molecule has 0 amide bonds. The molecule has 19 heavy (non-hydrogen) atoms. The van der Waals surface area contributed by atoms with Crippen LogP contribution in [0.15, 0.2) is 30.3 Å². The Hall–Kier alpha value is -0.870. The highest BCUT2D eigenvalue weighted by molar-refractivity contribution is 7.92. The first-order valence-corrected chi connectivity index (χ1v) is 8.47. The van der Waals surface area contributed by atoms with E-state index < -0.39 is 14.6 Å². The van der Waals surface area contributed by atoms with E-state index in [1.54, 1.807) is 20.8 Å². The molecule has 0 aliphatic heterocycles. The van der Waals surface area contributed by atoms with Gasteiger partial charge in [-0.05, 0) is 32.8 Å². The van der Waals surface area contributed by atoms with Gasteiger partial charge in [-0.15, -0.1) is 0 Å². The van der Waals surface area contributed by atoms with Crippen LogP contribution in [0.3, 0.4) is 0 Å². The van der Waals surface area contributed by atoms with Gasteiger partial charge in [-0.3, -0.25) is 0 Å². The summed E-state index contributed by atoms with van der Waals surface area (Å²) < 4.78 is 23.3. The van der Waals surface area contributed by atoms with Crippen LogP contribution in [0.4, 0.5) is 0 Å². The molecule has 0 heterocycles. The van der Waals surface area contributed by atoms with Crippen LogP contribution in [-0.2, 0) is 9.84 Å². The number of hydrogen-bond acceptors (Lipinski definition) is 3. The lowest BCUT2D eigenvalue weighted by Gasteiger charge is -2.19. The van der Waals surface area contributed by atoms with E-state index in [-0.39, 0.29) is 5.75 Å². The zero-order valence-corrected chi connectivity index (χ0v) is 12.7. The van der Waals surface area contributed by atoms with Crippen LogP contribution in [-0.4, -0.2) is 31.5 Å². The Kier molecular flexibility index (Phi) is 4.02. The van der Waals surface area contributed by atoms with Crippen LogP contribution in [0.1, 0.15) is 38.7 Å². The molecule has 1 aromatic carbocycles. The summed E-state index contributed by atoms with van der Waals surface area (Å²) in [6.07, 6.45) is 1.11. The molecular formula is C15H23NO2S. The summed E-state index contributed by atoms with van der Waals surface area (Å²) >= 11 is 0. The average molecular weight is 281 g/mol. The molecular weight excluding hydrogens is 258 g/mol. The fourth-order valence-electron chi connectivity index (χ4n) is 2.17. The van der Waals surface area contributed by atoms with Gasteiger partial charge in [0.25, 0.3) is 0 Å². The molecule has 1 aromatic rings. The summed E-state index contributed by atoms with van der Waals surface area (Å²) in [5.41, 5.74) is 1.35. The summed E-state index contributed by atoms with van der Waals surface area (Å²) in [7, 11) is -3.01. The highest BCUT2D eigenvalue weighted by Crippen LogP contribution is 2.40. The lowest BCUT2D eigenvalue weighted by atomic mass is 10.1. The van der Waals surface area contributed by atoms with Gasteiger partial charge in [0.2, 0.25) is 0 Å². The third kappa shape index (κ3) is 3.57. The van der Waals surface area contributed by atoms with Crippen molar-refractivity contribution in [2.75, 3.05) is 12.3 Å². The number of hydrogen-bond donors (Lipinski definition) is 1. The van der Waals surface area contributed by atoms with Crippen LogP contribution in [0, 0.1) is 0 Å². The van der Waals surface area contributed by atoms with Crippen molar-refractivity contribution in [2.45, 2.75) is 43.9 Å². The standard InChI is InChI=1S/C15H23NO2S/c1-15(2,3)19(17,18)10-9-16-14-11-13(14)12-7-5-4-6-8-12/h4-8,13-14,16H,9-11H2,1-3H3. The first-order valence-electron chi connectivity index (χ1n) is 6.82. The molecule has 4 heteroatoms. The van der Waals surface area contributed by atoms with E-state index in [4.69, 9.17) is 0 Å². The molecule has 1 fully saturated rings. The highest BCUT2D eigenvalue weighted by Gasteiger charge is 2.38. The molecule has 0 bridgehead atoms. The van der Waals surface area contributed by atoms with Crippen LogP contribution in [0.5, 0.6) is 0 Å². The number of nitrogens with one attached hydrogen (secondary N) is 1. The Morgan fingerprint density at radius 1 is 1.21 bits per heavy atom. The lowest BCUT2D eigenvalue weighted by Crippen LogP contribution is -2.35. The molecule has 0 aromatic heterocycles. The second-order valence-corrected chi connectivity index (χ2v) is 9.11. The minimum Gasteiger partial charge on any atom is -0.312 e. The maximum atomic E-state index is 12.0. The summed E-state index contributed by atoms with van der Waals surface area (Å²) in [6, 6.07) is 10.8. The minimum atomic E-state index is -3.01. The fraction of sp³-hybridized carbons (Fsp3) is 0.600. The molecule has 2 rings (SSSR count). The van der Waals surface area contributed by atoms with Crippen LogP contribution in [0.2, 0.25) is 0 Å². The predicted octanol–water partition coefficient (Wildman–Crippen LogP) is 2.35. The summed E-state index contributed by atoms with van der Waals surface area (Å²) in [6.45, 7) is 5.82. The number of rotatable bonds is 5.